The highest BCUT2D eigenvalue weighted by molar-refractivity contribution is 5.31. The summed E-state index contributed by atoms with van der Waals surface area (Å²) < 4.78 is 1.78. The molecule has 0 saturated heterocycles. The zero-order valence-corrected chi connectivity index (χ0v) is 6.86. The molecular formula is C7H11N3O2. The van der Waals surface area contributed by atoms with E-state index < -0.39 is 4.92 Å². The Balaban J connectivity index is 3.05. The van der Waals surface area contributed by atoms with Gasteiger partial charge in [-0.15, -0.1) is 0 Å². The van der Waals surface area contributed by atoms with Crippen molar-refractivity contribution in [3.8, 4) is 0 Å². The molecule has 0 aliphatic rings. The van der Waals surface area contributed by atoms with Crippen LogP contribution in [0.1, 0.15) is 12.6 Å². The molecule has 1 aromatic rings. The predicted molar refractivity (Wildman–Crippen MR) is 44.7 cm³/mol. The standard InChI is InChI=1S/C7H11N3O2/c1-2-9-5-7(10(11)12)3-6(9)4-8/h3,5H,2,4,8H2,1H3. The lowest BCUT2D eigenvalue weighted by Crippen LogP contribution is -2.04. The first-order chi connectivity index (χ1) is 5.69. The largest absolute Gasteiger partial charge is 0.344 e. The molecule has 0 unspecified atom stereocenters. The molecule has 0 amide bonds. The van der Waals surface area contributed by atoms with E-state index >= 15 is 0 Å². The van der Waals surface area contributed by atoms with Crippen molar-refractivity contribution in [1.29, 1.82) is 0 Å². The van der Waals surface area contributed by atoms with Crippen molar-refractivity contribution < 1.29 is 4.92 Å². The first-order valence-corrected chi connectivity index (χ1v) is 3.72. The molecule has 5 nitrogen and oxygen atoms in total. The van der Waals surface area contributed by atoms with Crippen LogP contribution in [0.15, 0.2) is 12.3 Å². The second-order valence-electron chi connectivity index (χ2n) is 2.44. The average Bonchev–Trinajstić information content (AvgIpc) is 2.46. The molecular weight excluding hydrogens is 158 g/mol. The fraction of sp³-hybridized carbons (Fsp3) is 0.429. The van der Waals surface area contributed by atoms with E-state index in [9.17, 15) is 10.1 Å². The molecule has 0 bridgehead atoms. The van der Waals surface area contributed by atoms with E-state index in [1.54, 1.807) is 4.57 Å². The predicted octanol–water partition coefficient (Wildman–Crippen LogP) is 0.875. The smallest absolute Gasteiger partial charge is 0.287 e. The monoisotopic (exact) mass is 169 g/mol. The highest BCUT2D eigenvalue weighted by Gasteiger charge is 2.11. The van der Waals surface area contributed by atoms with Crippen LogP contribution < -0.4 is 5.73 Å². The van der Waals surface area contributed by atoms with Gasteiger partial charge in [-0.1, -0.05) is 0 Å². The molecule has 0 aromatic carbocycles. The Kier molecular flexibility index (Phi) is 2.44. The summed E-state index contributed by atoms with van der Waals surface area (Å²) in [5.41, 5.74) is 6.30. The van der Waals surface area contributed by atoms with Gasteiger partial charge in [-0.05, 0) is 6.92 Å². The third kappa shape index (κ3) is 1.45. The molecule has 0 radical (unpaired) electrons. The summed E-state index contributed by atoms with van der Waals surface area (Å²) in [4.78, 5) is 9.94. The van der Waals surface area contributed by atoms with E-state index in [0.29, 0.717) is 13.1 Å². The number of aryl methyl sites for hydroxylation is 1. The summed E-state index contributed by atoms with van der Waals surface area (Å²) in [5.74, 6) is 0. The topological polar surface area (TPSA) is 74.1 Å². The second-order valence-corrected chi connectivity index (χ2v) is 2.44. The van der Waals surface area contributed by atoms with Crippen molar-refractivity contribution >= 4 is 5.69 Å². The molecule has 2 N–H and O–H groups in total. The lowest BCUT2D eigenvalue weighted by atomic mass is 10.4. The van der Waals surface area contributed by atoms with Crippen molar-refractivity contribution in [1.82, 2.24) is 4.57 Å². The van der Waals surface area contributed by atoms with Gasteiger partial charge in [-0.3, -0.25) is 10.1 Å². The maximum Gasteiger partial charge on any atom is 0.287 e. The molecule has 0 aliphatic heterocycles. The summed E-state index contributed by atoms with van der Waals surface area (Å²) in [6, 6.07) is 1.50. The quantitative estimate of drug-likeness (QED) is 0.539. The summed E-state index contributed by atoms with van der Waals surface area (Å²) in [5, 5.41) is 10.3. The molecule has 1 aromatic heterocycles. The summed E-state index contributed by atoms with van der Waals surface area (Å²) in [6.07, 6.45) is 1.50. The van der Waals surface area contributed by atoms with Crippen LogP contribution in [-0.2, 0) is 13.1 Å². The van der Waals surface area contributed by atoms with Gasteiger partial charge in [0.1, 0.15) is 0 Å². The molecule has 0 fully saturated rings. The first-order valence-electron chi connectivity index (χ1n) is 3.72. The van der Waals surface area contributed by atoms with Gasteiger partial charge >= 0.3 is 0 Å². The average molecular weight is 169 g/mol. The van der Waals surface area contributed by atoms with Gasteiger partial charge < -0.3 is 10.3 Å². The van der Waals surface area contributed by atoms with Crippen molar-refractivity contribution in [3.63, 3.8) is 0 Å². The van der Waals surface area contributed by atoms with Gasteiger partial charge in [0.15, 0.2) is 0 Å². The maximum absolute atomic E-state index is 10.3. The van der Waals surface area contributed by atoms with Crippen molar-refractivity contribution in [2.24, 2.45) is 5.73 Å². The van der Waals surface area contributed by atoms with E-state index in [2.05, 4.69) is 0 Å². The molecule has 66 valence electrons. The van der Waals surface area contributed by atoms with Gasteiger partial charge in [0.2, 0.25) is 0 Å². The zero-order chi connectivity index (χ0) is 9.14. The Morgan fingerprint density at radius 1 is 1.75 bits per heavy atom. The number of rotatable bonds is 3. The van der Waals surface area contributed by atoms with Crippen LogP contribution in [0.25, 0.3) is 0 Å². The lowest BCUT2D eigenvalue weighted by Gasteiger charge is -2.00. The van der Waals surface area contributed by atoms with E-state index in [-0.39, 0.29) is 5.69 Å². The molecule has 0 spiro atoms. The number of nitrogens with two attached hydrogens (primary N) is 1. The fourth-order valence-corrected chi connectivity index (χ4v) is 1.10. The number of aromatic nitrogens is 1. The van der Waals surface area contributed by atoms with Gasteiger partial charge in [-0.25, -0.2) is 0 Å². The zero-order valence-electron chi connectivity index (χ0n) is 6.86. The Hall–Kier alpha value is -1.36. The SMILES string of the molecule is CCn1cc([N+](=O)[O-])cc1CN. The first kappa shape index (κ1) is 8.73. The van der Waals surface area contributed by atoms with Crippen molar-refractivity contribution in [2.45, 2.75) is 20.0 Å². The highest BCUT2D eigenvalue weighted by Crippen LogP contribution is 2.15. The van der Waals surface area contributed by atoms with Gasteiger partial charge in [-0.2, -0.15) is 0 Å². The van der Waals surface area contributed by atoms with E-state index in [1.165, 1.54) is 12.3 Å². The van der Waals surface area contributed by atoms with Crippen LogP contribution >= 0.6 is 0 Å². The van der Waals surface area contributed by atoms with Gasteiger partial charge in [0.25, 0.3) is 5.69 Å². The number of nitro groups is 1. The molecule has 0 aliphatic carbocycles. The minimum Gasteiger partial charge on any atom is -0.344 e. The number of nitrogens with zero attached hydrogens (tertiary/aromatic N) is 2. The van der Waals surface area contributed by atoms with Crippen molar-refractivity contribution in [2.75, 3.05) is 0 Å². The maximum atomic E-state index is 10.3. The molecule has 0 saturated carbocycles. The second kappa shape index (κ2) is 3.36. The molecule has 1 rings (SSSR count). The van der Waals surface area contributed by atoms with Crippen molar-refractivity contribution in [3.05, 3.63) is 28.1 Å². The van der Waals surface area contributed by atoms with Gasteiger partial charge in [0.05, 0.1) is 11.1 Å². The normalized spacial score (nSPS) is 10.2. The summed E-state index contributed by atoms with van der Waals surface area (Å²) >= 11 is 0. The third-order valence-corrected chi connectivity index (χ3v) is 1.73. The Bertz CT molecular complexity index is 271. The van der Waals surface area contributed by atoms with Crippen LogP contribution in [0.3, 0.4) is 0 Å². The Morgan fingerprint density at radius 3 is 2.75 bits per heavy atom. The Labute approximate surface area is 69.9 Å². The summed E-state index contributed by atoms with van der Waals surface area (Å²) in [7, 11) is 0. The van der Waals surface area contributed by atoms with E-state index in [1.807, 2.05) is 6.92 Å². The minimum atomic E-state index is -0.411. The van der Waals surface area contributed by atoms with Crippen LogP contribution in [0.4, 0.5) is 5.69 Å². The van der Waals surface area contributed by atoms with E-state index in [0.717, 1.165) is 5.69 Å². The highest BCUT2D eigenvalue weighted by atomic mass is 16.6. The number of hydrogen-bond acceptors (Lipinski definition) is 3. The lowest BCUT2D eigenvalue weighted by molar-refractivity contribution is -0.384. The molecule has 0 atom stereocenters. The molecule has 12 heavy (non-hydrogen) atoms. The third-order valence-electron chi connectivity index (χ3n) is 1.73. The molecule has 1 heterocycles. The number of hydrogen-bond donors (Lipinski definition) is 1. The fourth-order valence-electron chi connectivity index (χ4n) is 1.10. The summed E-state index contributed by atoms with van der Waals surface area (Å²) in [6.45, 7) is 2.96. The van der Waals surface area contributed by atoms with Gasteiger partial charge in [0, 0.05) is 24.8 Å². The van der Waals surface area contributed by atoms with Crippen LogP contribution in [0.2, 0.25) is 0 Å². The molecule has 5 heteroatoms. The van der Waals surface area contributed by atoms with Crippen LogP contribution in [-0.4, -0.2) is 9.49 Å². The Morgan fingerprint density at radius 2 is 2.42 bits per heavy atom. The van der Waals surface area contributed by atoms with Crippen LogP contribution in [0, 0.1) is 10.1 Å². The minimum absolute atomic E-state index is 0.109. The van der Waals surface area contributed by atoms with Crippen LogP contribution in [0.5, 0.6) is 0 Å². The van der Waals surface area contributed by atoms with E-state index in [4.69, 9.17) is 5.73 Å².